The molecule has 4 heteroatoms. The van der Waals surface area contributed by atoms with E-state index >= 15 is 0 Å². The van der Waals surface area contributed by atoms with Crippen LogP contribution >= 0.6 is 0 Å². The molecule has 17 heavy (non-hydrogen) atoms. The molecular formula is C13H21N3O. The SMILES string of the molecule is CCCOc1cccnc1N1CCC(NC)C1. The molecule has 1 N–H and O–H groups in total. The molecule has 1 fully saturated rings. The molecule has 0 amide bonds. The standard InChI is InChI=1S/C13H21N3O/c1-3-9-17-12-5-4-7-15-13(12)16-8-6-11(10-16)14-2/h4-5,7,11,14H,3,6,8-10H2,1-2H3. The second-order valence-corrected chi connectivity index (χ2v) is 4.39. The van der Waals surface area contributed by atoms with Crippen molar-refractivity contribution in [3.8, 4) is 5.75 Å². The number of pyridine rings is 1. The van der Waals surface area contributed by atoms with Crippen LogP contribution in [0.1, 0.15) is 19.8 Å². The molecule has 0 bridgehead atoms. The maximum Gasteiger partial charge on any atom is 0.171 e. The Bertz CT molecular complexity index is 356. The Labute approximate surface area is 103 Å². The Morgan fingerprint density at radius 2 is 2.47 bits per heavy atom. The summed E-state index contributed by atoms with van der Waals surface area (Å²) in [5.41, 5.74) is 0. The summed E-state index contributed by atoms with van der Waals surface area (Å²) in [6.45, 7) is 4.92. The molecule has 1 saturated heterocycles. The van der Waals surface area contributed by atoms with Crippen LogP contribution < -0.4 is 15.0 Å². The zero-order chi connectivity index (χ0) is 12.1. The highest BCUT2D eigenvalue weighted by molar-refractivity contribution is 5.53. The molecule has 0 aromatic carbocycles. The lowest BCUT2D eigenvalue weighted by Crippen LogP contribution is -2.30. The lowest BCUT2D eigenvalue weighted by molar-refractivity contribution is 0.316. The molecule has 0 aliphatic carbocycles. The van der Waals surface area contributed by atoms with Crippen molar-refractivity contribution < 1.29 is 4.74 Å². The van der Waals surface area contributed by atoms with Gasteiger partial charge in [0.1, 0.15) is 0 Å². The highest BCUT2D eigenvalue weighted by Crippen LogP contribution is 2.28. The second-order valence-electron chi connectivity index (χ2n) is 4.39. The van der Waals surface area contributed by atoms with Crippen LogP contribution in [0.4, 0.5) is 5.82 Å². The molecular weight excluding hydrogens is 214 g/mol. The lowest BCUT2D eigenvalue weighted by atomic mass is 10.3. The number of likely N-dealkylation sites (N-methyl/N-ethyl adjacent to an activating group) is 1. The number of hydrogen-bond donors (Lipinski definition) is 1. The maximum absolute atomic E-state index is 5.74. The Hall–Kier alpha value is -1.29. The smallest absolute Gasteiger partial charge is 0.171 e. The van der Waals surface area contributed by atoms with Crippen LogP contribution in [0.2, 0.25) is 0 Å². The summed E-state index contributed by atoms with van der Waals surface area (Å²) < 4.78 is 5.74. The van der Waals surface area contributed by atoms with Gasteiger partial charge in [-0.3, -0.25) is 0 Å². The van der Waals surface area contributed by atoms with Gasteiger partial charge in [0, 0.05) is 25.3 Å². The third kappa shape index (κ3) is 2.88. The first-order chi connectivity index (χ1) is 8.35. The fourth-order valence-corrected chi connectivity index (χ4v) is 2.13. The third-order valence-corrected chi connectivity index (χ3v) is 3.11. The summed E-state index contributed by atoms with van der Waals surface area (Å²) in [6, 6.07) is 4.50. The predicted molar refractivity (Wildman–Crippen MR) is 69.7 cm³/mol. The fourth-order valence-electron chi connectivity index (χ4n) is 2.13. The van der Waals surface area contributed by atoms with Crippen molar-refractivity contribution in [1.29, 1.82) is 0 Å². The molecule has 1 aromatic heterocycles. The van der Waals surface area contributed by atoms with Crippen molar-refractivity contribution in [2.45, 2.75) is 25.8 Å². The zero-order valence-corrected chi connectivity index (χ0v) is 10.6. The molecule has 1 unspecified atom stereocenters. The minimum absolute atomic E-state index is 0.566. The van der Waals surface area contributed by atoms with Crippen LogP contribution in [-0.4, -0.2) is 37.8 Å². The summed E-state index contributed by atoms with van der Waals surface area (Å²) in [5.74, 6) is 1.89. The summed E-state index contributed by atoms with van der Waals surface area (Å²) in [4.78, 5) is 6.75. The number of nitrogens with one attached hydrogen (secondary N) is 1. The van der Waals surface area contributed by atoms with E-state index in [0.29, 0.717) is 6.04 Å². The average molecular weight is 235 g/mol. The van der Waals surface area contributed by atoms with Crippen molar-refractivity contribution in [2.24, 2.45) is 0 Å². The maximum atomic E-state index is 5.74. The van der Waals surface area contributed by atoms with Gasteiger partial charge in [0.05, 0.1) is 6.61 Å². The monoisotopic (exact) mass is 235 g/mol. The van der Waals surface area contributed by atoms with E-state index < -0.39 is 0 Å². The van der Waals surface area contributed by atoms with Crippen LogP contribution in [0, 0.1) is 0 Å². The molecule has 0 radical (unpaired) electrons. The first-order valence-electron chi connectivity index (χ1n) is 6.35. The normalized spacial score (nSPS) is 19.6. The molecule has 1 aromatic rings. The summed E-state index contributed by atoms with van der Waals surface area (Å²) in [5, 5.41) is 3.32. The van der Waals surface area contributed by atoms with Gasteiger partial charge >= 0.3 is 0 Å². The van der Waals surface area contributed by atoms with Gasteiger partial charge in [-0.05, 0) is 32.0 Å². The molecule has 2 heterocycles. The molecule has 1 aliphatic rings. The summed E-state index contributed by atoms with van der Waals surface area (Å²) in [7, 11) is 2.01. The van der Waals surface area contributed by atoms with E-state index in [-0.39, 0.29) is 0 Å². The third-order valence-electron chi connectivity index (χ3n) is 3.11. The van der Waals surface area contributed by atoms with Crippen LogP contribution in [-0.2, 0) is 0 Å². The summed E-state index contributed by atoms with van der Waals surface area (Å²) in [6.07, 6.45) is 4.02. The van der Waals surface area contributed by atoms with E-state index in [9.17, 15) is 0 Å². The minimum atomic E-state index is 0.566. The average Bonchev–Trinajstić information content (AvgIpc) is 2.85. The van der Waals surface area contributed by atoms with Crippen molar-refractivity contribution in [3.05, 3.63) is 18.3 Å². The van der Waals surface area contributed by atoms with Gasteiger partial charge in [0.25, 0.3) is 0 Å². The topological polar surface area (TPSA) is 37.4 Å². The van der Waals surface area contributed by atoms with E-state index in [2.05, 4.69) is 22.1 Å². The molecule has 2 rings (SSSR count). The van der Waals surface area contributed by atoms with Gasteiger partial charge in [-0.15, -0.1) is 0 Å². The fraction of sp³-hybridized carbons (Fsp3) is 0.615. The van der Waals surface area contributed by atoms with Crippen molar-refractivity contribution in [1.82, 2.24) is 10.3 Å². The predicted octanol–water partition coefficient (Wildman–Crippen LogP) is 1.67. The Kier molecular flexibility index (Phi) is 4.20. The number of aromatic nitrogens is 1. The Morgan fingerprint density at radius 1 is 1.59 bits per heavy atom. The largest absolute Gasteiger partial charge is 0.490 e. The van der Waals surface area contributed by atoms with E-state index in [1.807, 2.05) is 25.4 Å². The molecule has 1 aliphatic heterocycles. The first-order valence-corrected chi connectivity index (χ1v) is 6.35. The lowest BCUT2D eigenvalue weighted by Gasteiger charge is -2.20. The zero-order valence-electron chi connectivity index (χ0n) is 10.6. The number of nitrogens with zero attached hydrogens (tertiary/aromatic N) is 2. The molecule has 0 saturated carbocycles. The first kappa shape index (κ1) is 12.2. The van der Waals surface area contributed by atoms with E-state index in [1.54, 1.807) is 0 Å². The van der Waals surface area contributed by atoms with Crippen LogP contribution in [0.15, 0.2) is 18.3 Å². The van der Waals surface area contributed by atoms with Gasteiger partial charge in [-0.1, -0.05) is 6.92 Å². The van der Waals surface area contributed by atoms with Crippen LogP contribution in [0.25, 0.3) is 0 Å². The van der Waals surface area contributed by atoms with E-state index in [4.69, 9.17) is 4.74 Å². The van der Waals surface area contributed by atoms with Gasteiger partial charge in [-0.25, -0.2) is 4.98 Å². The van der Waals surface area contributed by atoms with Crippen molar-refractivity contribution >= 4 is 5.82 Å². The summed E-state index contributed by atoms with van der Waals surface area (Å²) >= 11 is 0. The van der Waals surface area contributed by atoms with Gasteiger partial charge in [0.15, 0.2) is 11.6 Å². The van der Waals surface area contributed by atoms with Crippen LogP contribution in [0.3, 0.4) is 0 Å². The van der Waals surface area contributed by atoms with Gasteiger partial charge in [0.2, 0.25) is 0 Å². The highest BCUT2D eigenvalue weighted by atomic mass is 16.5. The molecule has 4 nitrogen and oxygen atoms in total. The highest BCUT2D eigenvalue weighted by Gasteiger charge is 2.24. The van der Waals surface area contributed by atoms with Crippen molar-refractivity contribution in [2.75, 3.05) is 31.6 Å². The molecule has 1 atom stereocenters. The van der Waals surface area contributed by atoms with E-state index in [1.165, 1.54) is 6.42 Å². The van der Waals surface area contributed by atoms with Gasteiger partial charge < -0.3 is 15.0 Å². The molecule has 0 spiro atoms. The van der Waals surface area contributed by atoms with Gasteiger partial charge in [-0.2, -0.15) is 0 Å². The second kappa shape index (κ2) is 5.87. The number of hydrogen-bond acceptors (Lipinski definition) is 4. The van der Waals surface area contributed by atoms with Crippen LogP contribution in [0.5, 0.6) is 5.75 Å². The quantitative estimate of drug-likeness (QED) is 0.842. The Balaban J connectivity index is 2.09. The number of anilines is 1. The Morgan fingerprint density at radius 3 is 3.18 bits per heavy atom. The van der Waals surface area contributed by atoms with Crippen molar-refractivity contribution in [3.63, 3.8) is 0 Å². The molecule has 94 valence electrons. The van der Waals surface area contributed by atoms with E-state index in [0.717, 1.165) is 37.7 Å². The number of ether oxygens (including phenoxy) is 1. The number of rotatable bonds is 5. The minimum Gasteiger partial charge on any atom is -0.490 e.